The Morgan fingerprint density at radius 2 is 2.20 bits per heavy atom. The highest BCUT2D eigenvalue weighted by molar-refractivity contribution is 5.81. The normalized spacial score (nSPS) is 32.7. The Morgan fingerprint density at radius 1 is 1.33 bits per heavy atom. The largest absolute Gasteiger partial charge is 0.368 e. The quantitative estimate of drug-likeness (QED) is 0.601. The molecule has 2 rings (SSSR count). The second-order valence-corrected chi connectivity index (χ2v) is 4.64. The lowest BCUT2D eigenvalue weighted by Crippen LogP contribution is -3.09. The summed E-state index contributed by atoms with van der Waals surface area (Å²) in [6.45, 7) is 4.81. The van der Waals surface area contributed by atoms with Crippen molar-refractivity contribution in [1.82, 2.24) is 4.90 Å². The minimum atomic E-state index is -0.136. The van der Waals surface area contributed by atoms with Crippen LogP contribution in [0.1, 0.15) is 19.3 Å². The average Bonchev–Trinajstić information content (AvgIpc) is 2.67. The topological polar surface area (TPSA) is 34.0 Å². The van der Waals surface area contributed by atoms with Gasteiger partial charge in [-0.25, -0.2) is 0 Å². The van der Waals surface area contributed by atoms with Crippen LogP contribution in [0.3, 0.4) is 0 Å². The summed E-state index contributed by atoms with van der Waals surface area (Å²) < 4.78 is 5.44. The summed E-state index contributed by atoms with van der Waals surface area (Å²) in [6, 6.07) is 0. The van der Waals surface area contributed by atoms with E-state index in [1.165, 1.54) is 11.4 Å². The first-order valence-electron chi connectivity index (χ1n) is 5.99. The fourth-order valence-corrected chi connectivity index (χ4v) is 2.33. The van der Waals surface area contributed by atoms with Gasteiger partial charge in [0.05, 0.1) is 26.7 Å². The third kappa shape index (κ3) is 2.69. The number of carbonyl (C=O) groups excluding carboxylic acids is 1. The van der Waals surface area contributed by atoms with Gasteiger partial charge in [-0.15, -0.1) is 0 Å². The molecule has 1 N–H and O–H groups in total. The minimum absolute atomic E-state index is 0.136. The number of rotatable bonds is 1. The van der Waals surface area contributed by atoms with Crippen molar-refractivity contribution in [2.24, 2.45) is 0 Å². The number of hydrogen-bond donors (Lipinski definition) is 1. The molecule has 2 heterocycles. The number of hydrogen-bond acceptors (Lipinski definition) is 2. The van der Waals surface area contributed by atoms with Crippen molar-refractivity contribution in [1.29, 1.82) is 0 Å². The highest BCUT2D eigenvalue weighted by Crippen LogP contribution is 2.14. The van der Waals surface area contributed by atoms with Crippen LogP contribution in [0.15, 0.2) is 0 Å². The molecule has 0 aromatic heterocycles. The first kappa shape index (κ1) is 10.9. The molecule has 2 atom stereocenters. The van der Waals surface area contributed by atoms with Gasteiger partial charge < -0.3 is 14.5 Å². The second kappa shape index (κ2) is 4.94. The molecule has 86 valence electrons. The van der Waals surface area contributed by atoms with Crippen molar-refractivity contribution in [2.45, 2.75) is 25.4 Å². The van der Waals surface area contributed by atoms with E-state index < -0.39 is 0 Å². The highest BCUT2D eigenvalue weighted by atomic mass is 16.5. The van der Waals surface area contributed by atoms with E-state index in [-0.39, 0.29) is 12.0 Å². The van der Waals surface area contributed by atoms with Crippen LogP contribution < -0.4 is 4.90 Å². The van der Waals surface area contributed by atoms with E-state index in [2.05, 4.69) is 7.05 Å². The van der Waals surface area contributed by atoms with Crippen LogP contribution in [0.25, 0.3) is 0 Å². The molecule has 2 aliphatic heterocycles. The molecule has 1 amide bonds. The van der Waals surface area contributed by atoms with E-state index in [1.54, 1.807) is 0 Å². The Morgan fingerprint density at radius 3 is 2.93 bits per heavy atom. The van der Waals surface area contributed by atoms with E-state index in [0.29, 0.717) is 0 Å². The van der Waals surface area contributed by atoms with Gasteiger partial charge in [0.1, 0.15) is 6.10 Å². The third-order valence-corrected chi connectivity index (χ3v) is 3.36. The molecule has 0 aromatic rings. The summed E-state index contributed by atoms with van der Waals surface area (Å²) in [4.78, 5) is 15.6. The molecule has 2 saturated heterocycles. The predicted molar refractivity (Wildman–Crippen MR) is 56.8 cm³/mol. The Balaban J connectivity index is 1.88. The maximum Gasteiger partial charge on any atom is 0.251 e. The summed E-state index contributed by atoms with van der Waals surface area (Å²) in [6.07, 6.45) is 2.93. The number of amides is 1. The van der Waals surface area contributed by atoms with Crippen LogP contribution in [0.2, 0.25) is 0 Å². The van der Waals surface area contributed by atoms with Gasteiger partial charge in [-0.1, -0.05) is 0 Å². The van der Waals surface area contributed by atoms with Gasteiger partial charge in [-0.05, 0) is 12.8 Å². The van der Waals surface area contributed by atoms with Crippen LogP contribution in [0, 0.1) is 0 Å². The Kier molecular flexibility index (Phi) is 3.59. The summed E-state index contributed by atoms with van der Waals surface area (Å²) in [7, 11) is 2.19. The third-order valence-electron chi connectivity index (χ3n) is 3.36. The molecule has 4 heteroatoms. The van der Waals surface area contributed by atoms with E-state index in [4.69, 9.17) is 4.74 Å². The summed E-state index contributed by atoms with van der Waals surface area (Å²) in [5.74, 6) is 0.224. The highest BCUT2D eigenvalue weighted by Gasteiger charge is 2.29. The lowest BCUT2D eigenvalue weighted by Gasteiger charge is -2.22. The Hall–Kier alpha value is -0.610. The zero-order chi connectivity index (χ0) is 10.7. The molecular weight excluding hydrogens is 192 g/mol. The molecule has 0 aliphatic carbocycles. The van der Waals surface area contributed by atoms with Crippen molar-refractivity contribution in [3.8, 4) is 0 Å². The van der Waals surface area contributed by atoms with Crippen molar-refractivity contribution in [3.63, 3.8) is 0 Å². The second-order valence-electron chi connectivity index (χ2n) is 4.64. The van der Waals surface area contributed by atoms with Gasteiger partial charge in [0.2, 0.25) is 0 Å². The summed E-state index contributed by atoms with van der Waals surface area (Å²) in [5, 5.41) is 0. The molecule has 15 heavy (non-hydrogen) atoms. The first-order chi connectivity index (χ1) is 7.27. The maximum atomic E-state index is 12.1. The van der Waals surface area contributed by atoms with Crippen molar-refractivity contribution in [3.05, 3.63) is 0 Å². The minimum Gasteiger partial charge on any atom is -0.368 e. The average molecular weight is 213 g/mol. The monoisotopic (exact) mass is 213 g/mol. The van der Waals surface area contributed by atoms with Crippen molar-refractivity contribution >= 4 is 5.91 Å². The molecule has 2 aliphatic rings. The Labute approximate surface area is 91.2 Å². The van der Waals surface area contributed by atoms with Gasteiger partial charge in [-0.2, -0.15) is 0 Å². The standard InChI is InChI=1S/C11H20N2O2/c1-12-5-3-6-13(8-7-12)11(14)10-4-2-9-15-10/h10H,2-9H2,1H3/p+1/t10-/m0/s1. The van der Waals surface area contributed by atoms with E-state index in [1.807, 2.05) is 4.90 Å². The fraction of sp³-hybridized carbons (Fsp3) is 0.909. The molecule has 4 nitrogen and oxygen atoms in total. The van der Waals surface area contributed by atoms with Crippen LogP contribution >= 0.6 is 0 Å². The van der Waals surface area contributed by atoms with Crippen LogP contribution in [-0.4, -0.2) is 56.7 Å². The van der Waals surface area contributed by atoms with Crippen molar-refractivity contribution < 1.29 is 14.4 Å². The number of carbonyl (C=O) groups is 1. The summed E-state index contributed by atoms with van der Waals surface area (Å²) >= 11 is 0. The van der Waals surface area contributed by atoms with E-state index >= 15 is 0 Å². The number of ether oxygens (including phenoxy) is 1. The molecule has 0 aromatic carbocycles. The number of nitrogens with one attached hydrogen (secondary N) is 1. The number of likely N-dealkylation sites (N-methyl/N-ethyl adjacent to an activating group) is 1. The molecule has 0 bridgehead atoms. The SMILES string of the molecule is C[NH+]1CCCN(C(=O)[C@@H]2CCCO2)CC1. The molecule has 0 saturated carbocycles. The van der Waals surface area contributed by atoms with Crippen LogP contribution in [0.5, 0.6) is 0 Å². The smallest absolute Gasteiger partial charge is 0.251 e. The van der Waals surface area contributed by atoms with Gasteiger partial charge in [0.15, 0.2) is 0 Å². The van der Waals surface area contributed by atoms with Gasteiger partial charge in [0, 0.05) is 19.6 Å². The molecule has 0 spiro atoms. The lowest BCUT2D eigenvalue weighted by molar-refractivity contribution is -0.877. The maximum absolute atomic E-state index is 12.1. The molecule has 1 unspecified atom stereocenters. The van der Waals surface area contributed by atoms with Gasteiger partial charge in [0.25, 0.3) is 5.91 Å². The van der Waals surface area contributed by atoms with Gasteiger partial charge in [-0.3, -0.25) is 4.79 Å². The van der Waals surface area contributed by atoms with Crippen LogP contribution in [0.4, 0.5) is 0 Å². The number of quaternary nitrogens is 1. The van der Waals surface area contributed by atoms with Gasteiger partial charge >= 0.3 is 0 Å². The zero-order valence-electron chi connectivity index (χ0n) is 9.50. The summed E-state index contributed by atoms with van der Waals surface area (Å²) in [5.41, 5.74) is 0. The van der Waals surface area contributed by atoms with E-state index in [0.717, 1.165) is 45.5 Å². The number of nitrogens with zero attached hydrogens (tertiary/aromatic N) is 1. The first-order valence-corrected chi connectivity index (χ1v) is 5.99. The molecule has 2 fully saturated rings. The fourth-order valence-electron chi connectivity index (χ4n) is 2.33. The Bertz CT molecular complexity index is 227. The zero-order valence-corrected chi connectivity index (χ0v) is 9.50. The lowest BCUT2D eigenvalue weighted by atomic mass is 10.2. The molecule has 0 radical (unpaired) electrons. The van der Waals surface area contributed by atoms with Crippen molar-refractivity contribution in [2.75, 3.05) is 39.8 Å². The predicted octanol–water partition coefficient (Wildman–Crippen LogP) is -1.09. The molecular formula is C11H21N2O2+. The van der Waals surface area contributed by atoms with E-state index in [9.17, 15) is 4.79 Å². The van der Waals surface area contributed by atoms with Crippen LogP contribution in [-0.2, 0) is 9.53 Å².